The van der Waals surface area contributed by atoms with Gasteiger partial charge in [0.1, 0.15) is 5.01 Å². The number of aliphatic hydroxyl groups is 1. The van der Waals surface area contributed by atoms with Gasteiger partial charge in [0.25, 0.3) is 0 Å². The second-order valence-electron chi connectivity index (χ2n) is 5.77. The van der Waals surface area contributed by atoms with Gasteiger partial charge in [0.2, 0.25) is 5.13 Å². The van der Waals surface area contributed by atoms with Crippen LogP contribution in [0.15, 0.2) is 30.3 Å². The van der Waals surface area contributed by atoms with Crippen molar-refractivity contribution in [1.29, 1.82) is 0 Å². The number of aryl methyl sites for hydroxylation is 1. The normalized spacial score (nSPS) is 16.8. The van der Waals surface area contributed by atoms with Crippen LogP contribution in [0, 0.1) is 6.92 Å². The predicted molar refractivity (Wildman–Crippen MR) is 93.1 cm³/mol. The highest BCUT2D eigenvalue weighted by molar-refractivity contribution is 7.15. The van der Waals surface area contributed by atoms with Gasteiger partial charge in [-0.15, -0.1) is 10.2 Å². The van der Waals surface area contributed by atoms with Crippen LogP contribution in [0.4, 0.5) is 9.93 Å². The molecule has 2 aromatic rings. The number of rotatable bonds is 4. The molecule has 24 heavy (non-hydrogen) atoms. The Morgan fingerprint density at radius 3 is 2.58 bits per heavy atom. The van der Waals surface area contributed by atoms with Crippen molar-refractivity contribution in [2.75, 3.05) is 38.0 Å². The van der Waals surface area contributed by atoms with E-state index >= 15 is 0 Å². The fourth-order valence-corrected chi connectivity index (χ4v) is 3.26. The first-order chi connectivity index (χ1) is 11.6. The molecule has 0 aliphatic carbocycles. The zero-order valence-corrected chi connectivity index (χ0v) is 14.4. The van der Waals surface area contributed by atoms with Crippen molar-refractivity contribution in [2.45, 2.75) is 13.0 Å². The third-order valence-electron chi connectivity index (χ3n) is 4.01. The Morgan fingerprint density at radius 2 is 1.96 bits per heavy atom. The monoisotopic (exact) mass is 347 g/mol. The van der Waals surface area contributed by atoms with Crippen LogP contribution in [0.25, 0.3) is 0 Å². The van der Waals surface area contributed by atoms with E-state index in [-0.39, 0.29) is 6.03 Å². The molecular weight excluding hydrogens is 326 g/mol. The quantitative estimate of drug-likeness (QED) is 0.880. The zero-order valence-electron chi connectivity index (χ0n) is 13.6. The van der Waals surface area contributed by atoms with E-state index in [1.165, 1.54) is 11.3 Å². The Labute approximate surface area is 144 Å². The van der Waals surface area contributed by atoms with Crippen molar-refractivity contribution >= 4 is 22.5 Å². The van der Waals surface area contributed by atoms with Gasteiger partial charge in [-0.1, -0.05) is 41.7 Å². The summed E-state index contributed by atoms with van der Waals surface area (Å²) < 4.78 is 0. The van der Waals surface area contributed by atoms with E-state index in [1.54, 1.807) is 4.90 Å². The number of anilines is 1. The first-order valence-corrected chi connectivity index (χ1v) is 8.75. The van der Waals surface area contributed by atoms with Crippen LogP contribution in [-0.2, 0) is 0 Å². The van der Waals surface area contributed by atoms with Crippen molar-refractivity contribution in [1.82, 2.24) is 20.0 Å². The van der Waals surface area contributed by atoms with Gasteiger partial charge in [0.15, 0.2) is 0 Å². The van der Waals surface area contributed by atoms with Crippen molar-refractivity contribution in [3.63, 3.8) is 0 Å². The molecule has 2 heterocycles. The number of nitrogens with one attached hydrogen (secondary N) is 1. The van der Waals surface area contributed by atoms with E-state index in [4.69, 9.17) is 0 Å². The number of hydrogen-bond acceptors (Lipinski definition) is 6. The fourth-order valence-electron chi connectivity index (χ4n) is 2.68. The van der Waals surface area contributed by atoms with Crippen LogP contribution < -0.4 is 5.32 Å². The topological polar surface area (TPSA) is 81.6 Å². The lowest BCUT2D eigenvalue weighted by atomic mass is 10.1. The molecule has 8 heteroatoms. The number of urea groups is 1. The van der Waals surface area contributed by atoms with Crippen LogP contribution in [0.3, 0.4) is 0 Å². The van der Waals surface area contributed by atoms with E-state index in [0.29, 0.717) is 24.8 Å². The lowest BCUT2D eigenvalue weighted by Gasteiger charge is -2.35. The molecule has 1 fully saturated rings. The molecule has 1 saturated heterocycles. The Bertz CT molecular complexity index is 670. The molecule has 1 aromatic carbocycles. The van der Waals surface area contributed by atoms with Crippen molar-refractivity contribution in [3.05, 3.63) is 40.9 Å². The smallest absolute Gasteiger partial charge is 0.323 e. The molecule has 1 aromatic heterocycles. The number of piperazine rings is 1. The number of nitrogens with zero attached hydrogens (tertiary/aromatic N) is 4. The van der Waals surface area contributed by atoms with Gasteiger partial charge >= 0.3 is 6.03 Å². The molecule has 0 saturated carbocycles. The summed E-state index contributed by atoms with van der Waals surface area (Å²) in [5.41, 5.74) is 0.921. The van der Waals surface area contributed by atoms with E-state index in [0.717, 1.165) is 23.7 Å². The van der Waals surface area contributed by atoms with Gasteiger partial charge in [0, 0.05) is 32.7 Å². The van der Waals surface area contributed by atoms with Crippen LogP contribution in [-0.4, -0.2) is 63.9 Å². The average Bonchev–Trinajstić information content (AvgIpc) is 3.01. The lowest BCUT2D eigenvalue weighted by molar-refractivity contribution is 0.0831. The number of aliphatic hydroxyl groups excluding tert-OH is 1. The van der Waals surface area contributed by atoms with Gasteiger partial charge in [-0.3, -0.25) is 10.2 Å². The number of amides is 2. The van der Waals surface area contributed by atoms with Gasteiger partial charge in [-0.25, -0.2) is 4.79 Å². The number of hydrogen-bond donors (Lipinski definition) is 2. The minimum Gasteiger partial charge on any atom is -0.387 e. The van der Waals surface area contributed by atoms with E-state index in [1.807, 2.05) is 37.3 Å². The minimum absolute atomic E-state index is 0.144. The maximum Gasteiger partial charge on any atom is 0.323 e. The third kappa shape index (κ3) is 4.28. The summed E-state index contributed by atoms with van der Waals surface area (Å²) in [5, 5.41) is 22.2. The first kappa shape index (κ1) is 16.8. The van der Waals surface area contributed by atoms with Crippen molar-refractivity contribution < 1.29 is 9.90 Å². The Kier molecular flexibility index (Phi) is 5.39. The van der Waals surface area contributed by atoms with Crippen molar-refractivity contribution in [2.24, 2.45) is 0 Å². The molecule has 1 aliphatic rings. The molecule has 3 rings (SSSR count). The maximum absolute atomic E-state index is 12.2. The zero-order chi connectivity index (χ0) is 16.9. The number of β-amino-alcohol motifs (C(OH)–C–C–N with tert-alkyl or cyclic N) is 1. The van der Waals surface area contributed by atoms with Crippen LogP contribution in [0.5, 0.6) is 0 Å². The maximum atomic E-state index is 12.2. The molecule has 0 unspecified atom stereocenters. The first-order valence-electron chi connectivity index (χ1n) is 7.93. The highest BCUT2D eigenvalue weighted by Gasteiger charge is 2.23. The van der Waals surface area contributed by atoms with Crippen LogP contribution in [0.1, 0.15) is 16.7 Å². The van der Waals surface area contributed by atoms with E-state index < -0.39 is 6.10 Å². The molecule has 2 amide bonds. The van der Waals surface area contributed by atoms with Crippen LogP contribution >= 0.6 is 11.3 Å². The summed E-state index contributed by atoms with van der Waals surface area (Å²) in [6.45, 7) is 5.17. The Morgan fingerprint density at radius 1 is 1.25 bits per heavy atom. The Balaban J connectivity index is 1.46. The van der Waals surface area contributed by atoms with Gasteiger partial charge in [-0.2, -0.15) is 0 Å². The second kappa shape index (κ2) is 7.69. The second-order valence-corrected chi connectivity index (χ2v) is 6.95. The molecule has 0 bridgehead atoms. The molecular formula is C16H21N5O2S. The van der Waals surface area contributed by atoms with Crippen molar-refractivity contribution in [3.8, 4) is 0 Å². The van der Waals surface area contributed by atoms with E-state index in [2.05, 4.69) is 20.4 Å². The summed E-state index contributed by atoms with van der Waals surface area (Å²) >= 11 is 1.36. The van der Waals surface area contributed by atoms with E-state index in [9.17, 15) is 9.90 Å². The largest absolute Gasteiger partial charge is 0.387 e. The summed E-state index contributed by atoms with van der Waals surface area (Å²) in [5.74, 6) is 0. The highest BCUT2D eigenvalue weighted by atomic mass is 32.1. The summed E-state index contributed by atoms with van der Waals surface area (Å²) in [4.78, 5) is 16.2. The predicted octanol–water partition coefficient (Wildman–Crippen LogP) is 1.73. The summed E-state index contributed by atoms with van der Waals surface area (Å²) in [6, 6.07) is 9.50. The molecule has 1 atom stereocenters. The number of benzene rings is 1. The summed E-state index contributed by atoms with van der Waals surface area (Å²) in [7, 11) is 0. The number of carbonyl (C=O) groups excluding carboxylic acids is 1. The third-order valence-corrected chi connectivity index (χ3v) is 4.77. The van der Waals surface area contributed by atoms with Gasteiger partial charge in [0.05, 0.1) is 6.10 Å². The minimum atomic E-state index is -0.504. The molecule has 128 valence electrons. The van der Waals surface area contributed by atoms with Crippen LogP contribution in [0.2, 0.25) is 0 Å². The Hall–Kier alpha value is -2.03. The van der Waals surface area contributed by atoms with Gasteiger partial charge in [-0.05, 0) is 12.5 Å². The average molecular weight is 347 g/mol. The van der Waals surface area contributed by atoms with Gasteiger partial charge < -0.3 is 10.0 Å². The SMILES string of the molecule is Cc1nnc(NC(=O)N2CCN(C[C@H](O)c3ccccc3)CC2)s1. The standard InChI is InChI=1S/C16H21N5O2S/c1-12-18-19-15(24-12)17-16(23)21-9-7-20(8-10-21)11-14(22)13-5-3-2-4-6-13/h2-6,14,22H,7-11H2,1H3,(H,17,19,23)/t14-/m0/s1. The molecule has 2 N–H and O–H groups in total. The fraction of sp³-hybridized carbons (Fsp3) is 0.438. The molecule has 1 aliphatic heterocycles. The molecule has 7 nitrogen and oxygen atoms in total. The summed E-state index contributed by atoms with van der Waals surface area (Å²) in [6.07, 6.45) is -0.504. The number of aromatic nitrogens is 2. The molecule has 0 radical (unpaired) electrons. The lowest BCUT2D eigenvalue weighted by Crippen LogP contribution is -2.50. The molecule has 0 spiro atoms. The number of carbonyl (C=O) groups is 1. The highest BCUT2D eigenvalue weighted by Crippen LogP contribution is 2.17.